The molecule has 0 N–H and O–H groups in total. The summed E-state index contributed by atoms with van der Waals surface area (Å²) in [6.45, 7) is 8.42. The summed E-state index contributed by atoms with van der Waals surface area (Å²) in [6, 6.07) is 8.45. The lowest BCUT2D eigenvalue weighted by molar-refractivity contribution is -0.141. The van der Waals surface area contributed by atoms with Gasteiger partial charge in [-0.05, 0) is 32.0 Å². The van der Waals surface area contributed by atoms with E-state index in [0.29, 0.717) is 6.04 Å². The lowest BCUT2D eigenvalue weighted by Gasteiger charge is -2.38. The Morgan fingerprint density at radius 2 is 1.96 bits per heavy atom. The normalized spacial score (nSPS) is 17.0. The highest BCUT2D eigenvalue weighted by molar-refractivity contribution is 5.81. The summed E-state index contributed by atoms with van der Waals surface area (Å²) in [6.07, 6.45) is 2.02. The van der Waals surface area contributed by atoms with Gasteiger partial charge in [0.15, 0.2) is 5.58 Å². The van der Waals surface area contributed by atoms with Gasteiger partial charge in [0, 0.05) is 36.5 Å². The van der Waals surface area contributed by atoms with Crippen LogP contribution in [0.2, 0.25) is 0 Å². The molecule has 3 rings (SSSR count). The van der Waals surface area contributed by atoms with Gasteiger partial charge in [-0.15, -0.1) is 0 Å². The van der Waals surface area contributed by atoms with E-state index in [1.807, 2.05) is 43.9 Å². The molecule has 1 aliphatic rings. The van der Waals surface area contributed by atoms with Crippen LogP contribution in [0.3, 0.4) is 0 Å². The van der Waals surface area contributed by atoms with Gasteiger partial charge in [0.25, 0.3) is 0 Å². The van der Waals surface area contributed by atoms with Crippen molar-refractivity contribution in [2.75, 3.05) is 20.1 Å². The van der Waals surface area contributed by atoms with Gasteiger partial charge in [-0.1, -0.05) is 38.1 Å². The van der Waals surface area contributed by atoms with Crippen molar-refractivity contribution in [3.05, 3.63) is 30.0 Å². The van der Waals surface area contributed by atoms with E-state index in [4.69, 9.17) is 4.52 Å². The summed E-state index contributed by atoms with van der Waals surface area (Å²) in [7, 11) is 2.13. The number of benzene rings is 1. The molecule has 1 aromatic carbocycles. The maximum atomic E-state index is 12.4. The molecule has 2 heterocycles. The van der Waals surface area contributed by atoms with Crippen LogP contribution in [0.4, 0.5) is 0 Å². The first-order chi connectivity index (χ1) is 11.4. The molecule has 1 fully saturated rings. The predicted molar refractivity (Wildman–Crippen MR) is 94.5 cm³/mol. The zero-order valence-electron chi connectivity index (χ0n) is 15.1. The molecule has 5 nitrogen and oxygen atoms in total. The van der Waals surface area contributed by atoms with Crippen LogP contribution >= 0.6 is 0 Å². The number of carbonyl (C=O) groups excluding carboxylic acids is 1. The van der Waals surface area contributed by atoms with Crippen LogP contribution in [-0.2, 0) is 11.3 Å². The van der Waals surface area contributed by atoms with Crippen molar-refractivity contribution >= 4 is 16.9 Å². The number of aromatic nitrogens is 1. The van der Waals surface area contributed by atoms with Crippen molar-refractivity contribution in [1.82, 2.24) is 15.0 Å². The van der Waals surface area contributed by atoms with Crippen molar-refractivity contribution in [3.8, 4) is 0 Å². The van der Waals surface area contributed by atoms with Gasteiger partial charge in [-0.25, -0.2) is 0 Å². The molecule has 1 saturated heterocycles. The molecular formula is C19H27N3O2. The summed E-state index contributed by atoms with van der Waals surface area (Å²) < 4.78 is 5.39. The third-order valence-electron chi connectivity index (χ3n) is 4.87. The lowest BCUT2D eigenvalue weighted by Crippen LogP contribution is -2.48. The first-order valence-electron chi connectivity index (χ1n) is 8.69. The fourth-order valence-electron chi connectivity index (χ4n) is 3.40. The Morgan fingerprint density at radius 1 is 1.29 bits per heavy atom. The summed E-state index contributed by atoms with van der Waals surface area (Å²) in [5.74, 6) is 0.256. The van der Waals surface area contributed by atoms with Crippen LogP contribution in [0.15, 0.2) is 28.8 Å². The van der Waals surface area contributed by atoms with Crippen LogP contribution in [0.25, 0.3) is 11.0 Å². The highest BCUT2D eigenvalue weighted by Gasteiger charge is 2.31. The third-order valence-corrected chi connectivity index (χ3v) is 4.87. The number of hydrogen-bond acceptors (Lipinski definition) is 4. The van der Waals surface area contributed by atoms with Crippen molar-refractivity contribution in [1.29, 1.82) is 0 Å². The molecule has 0 atom stereocenters. The van der Waals surface area contributed by atoms with Crippen molar-refractivity contribution in [3.63, 3.8) is 0 Å². The topological polar surface area (TPSA) is 49.6 Å². The number of carbonyl (C=O) groups is 1. The predicted octanol–water partition coefficient (Wildman–Crippen LogP) is 3.30. The average molecular weight is 329 g/mol. The number of likely N-dealkylation sites (tertiary alicyclic amines) is 1. The fourth-order valence-corrected chi connectivity index (χ4v) is 3.40. The second-order valence-corrected chi connectivity index (χ2v) is 7.81. The second-order valence-electron chi connectivity index (χ2n) is 7.81. The molecule has 0 unspecified atom stereocenters. The fraction of sp³-hybridized carbons (Fsp3) is 0.579. The lowest BCUT2D eigenvalue weighted by atomic mass is 9.92. The largest absolute Gasteiger partial charge is 0.356 e. The first kappa shape index (κ1) is 17.0. The molecule has 5 heteroatoms. The van der Waals surface area contributed by atoms with Crippen molar-refractivity contribution in [2.45, 2.75) is 46.2 Å². The highest BCUT2D eigenvalue weighted by atomic mass is 16.5. The van der Waals surface area contributed by atoms with Crippen LogP contribution in [0.5, 0.6) is 0 Å². The number of para-hydroxylation sites is 1. The number of hydrogen-bond donors (Lipinski definition) is 0. The minimum atomic E-state index is -0.293. The summed E-state index contributed by atoms with van der Waals surface area (Å²) in [5, 5.41) is 5.31. The molecule has 0 bridgehead atoms. The summed E-state index contributed by atoms with van der Waals surface area (Å²) in [4.78, 5) is 16.7. The molecule has 1 aromatic heterocycles. The Morgan fingerprint density at radius 3 is 2.62 bits per heavy atom. The average Bonchev–Trinajstić information content (AvgIpc) is 2.96. The van der Waals surface area contributed by atoms with E-state index in [1.165, 1.54) is 0 Å². The number of nitrogens with zero attached hydrogens (tertiary/aromatic N) is 3. The highest BCUT2D eigenvalue weighted by Crippen LogP contribution is 2.24. The third kappa shape index (κ3) is 3.46. The quantitative estimate of drug-likeness (QED) is 0.867. The van der Waals surface area contributed by atoms with E-state index >= 15 is 0 Å². The molecule has 1 aliphatic heterocycles. The van der Waals surface area contributed by atoms with E-state index < -0.39 is 0 Å². The number of fused-ring (bicyclic) bond motifs is 1. The molecular weight excluding hydrogens is 302 g/mol. The number of amides is 1. The SMILES string of the molecule is CN(Cc1noc2ccccc12)C1CCN(C(=O)C(C)(C)C)CC1. The minimum absolute atomic E-state index is 0.256. The molecule has 0 spiro atoms. The zero-order valence-corrected chi connectivity index (χ0v) is 15.1. The number of rotatable bonds is 3. The summed E-state index contributed by atoms with van der Waals surface area (Å²) >= 11 is 0. The Kier molecular flexibility index (Phi) is 4.63. The molecule has 24 heavy (non-hydrogen) atoms. The van der Waals surface area contributed by atoms with Gasteiger partial charge in [0.2, 0.25) is 5.91 Å². The zero-order chi connectivity index (χ0) is 17.3. The van der Waals surface area contributed by atoms with Gasteiger partial charge >= 0.3 is 0 Å². The summed E-state index contributed by atoms with van der Waals surface area (Å²) in [5.41, 5.74) is 1.53. The smallest absolute Gasteiger partial charge is 0.227 e. The number of piperidine rings is 1. The van der Waals surface area contributed by atoms with Crippen LogP contribution in [0.1, 0.15) is 39.3 Å². The van der Waals surface area contributed by atoms with Gasteiger partial charge in [0.1, 0.15) is 5.69 Å². The van der Waals surface area contributed by atoms with E-state index in [2.05, 4.69) is 23.2 Å². The van der Waals surface area contributed by atoms with E-state index in [0.717, 1.165) is 49.1 Å². The molecule has 0 aliphatic carbocycles. The second kappa shape index (κ2) is 6.55. The molecule has 0 radical (unpaired) electrons. The van der Waals surface area contributed by atoms with Gasteiger partial charge in [-0.2, -0.15) is 0 Å². The van der Waals surface area contributed by atoms with Crippen LogP contribution < -0.4 is 0 Å². The Labute approximate surface area is 143 Å². The van der Waals surface area contributed by atoms with Gasteiger partial charge in [0.05, 0.1) is 0 Å². The molecule has 2 aromatic rings. The first-order valence-corrected chi connectivity index (χ1v) is 8.69. The Balaban J connectivity index is 1.59. The molecule has 130 valence electrons. The molecule has 0 saturated carbocycles. The monoisotopic (exact) mass is 329 g/mol. The van der Waals surface area contributed by atoms with Gasteiger partial charge in [-0.3, -0.25) is 9.69 Å². The van der Waals surface area contributed by atoms with E-state index in [9.17, 15) is 4.79 Å². The maximum absolute atomic E-state index is 12.4. The maximum Gasteiger partial charge on any atom is 0.227 e. The molecule has 1 amide bonds. The van der Waals surface area contributed by atoms with Crippen molar-refractivity contribution in [2.24, 2.45) is 5.41 Å². The van der Waals surface area contributed by atoms with Crippen LogP contribution in [-0.4, -0.2) is 47.0 Å². The van der Waals surface area contributed by atoms with Crippen molar-refractivity contribution < 1.29 is 9.32 Å². The van der Waals surface area contributed by atoms with E-state index in [1.54, 1.807) is 0 Å². The van der Waals surface area contributed by atoms with Gasteiger partial charge < -0.3 is 9.42 Å². The van der Waals surface area contributed by atoms with Crippen LogP contribution in [0, 0.1) is 5.41 Å². The Bertz CT molecular complexity index is 709. The van der Waals surface area contributed by atoms with E-state index in [-0.39, 0.29) is 11.3 Å². The Hall–Kier alpha value is -1.88. The minimum Gasteiger partial charge on any atom is -0.356 e. The standard InChI is InChI=1S/C19H27N3O2/c1-19(2,3)18(23)22-11-9-14(10-12-22)21(4)13-16-15-7-5-6-8-17(15)24-20-16/h5-8,14H,9-13H2,1-4H3.